The molecule has 5 nitrogen and oxygen atoms in total. The minimum absolute atomic E-state index is 0.0110. The third kappa shape index (κ3) is 2.62. The molecule has 3 rings (SSSR count). The minimum atomic E-state index is 0.0110. The van der Waals surface area contributed by atoms with Crippen molar-refractivity contribution in [3.8, 4) is 0 Å². The molecule has 1 aromatic rings. The van der Waals surface area contributed by atoms with E-state index in [1.165, 1.54) is 0 Å². The van der Waals surface area contributed by atoms with Crippen molar-refractivity contribution in [2.24, 2.45) is 5.92 Å². The van der Waals surface area contributed by atoms with Crippen LogP contribution in [-0.4, -0.2) is 27.5 Å². The quantitative estimate of drug-likeness (QED) is 0.793. The van der Waals surface area contributed by atoms with E-state index < -0.39 is 0 Å². The van der Waals surface area contributed by atoms with Crippen LogP contribution >= 0.6 is 0 Å². The number of carbonyl (C=O) groups is 1. The molecular formula is C15H21N3O2. The van der Waals surface area contributed by atoms with Crippen LogP contribution in [0, 0.1) is 5.92 Å². The first-order valence-corrected chi connectivity index (χ1v) is 7.56. The zero-order valence-electron chi connectivity index (χ0n) is 11.9. The zero-order valence-corrected chi connectivity index (χ0v) is 11.9. The Balaban J connectivity index is 1.68. The minimum Gasteiger partial charge on any atom is -0.339 e. The molecule has 0 N–H and O–H groups in total. The summed E-state index contributed by atoms with van der Waals surface area (Å²) in [5, 5.41) is 4.04. The van der Waals surface area contributed by atoms with Crippen molar-refractivity contribution in [2.75, 3.05) is 6.54 Å². The predicted octanol–water partition coefficient (Wildman–Crippen LogP) is 2.65. The van der Waals surface area contributed by atoms with Gasteiger partial charge in [-0.3, -0.25) is 4.79 Å². The second kappa shape index (κ2) is 5.77. The lowest BCUT2D eigenvalue weighted by Crippen LogP contribution is -2.32. The Bertz CT molecular complexity index is 509. The van der Waals surface area contributed by atoms with E-state index in [1.54, 1.807) is 0 Å². The normalized spacial score (nSPS) is 25.6. The van der Waals surface area contributed by atoms with E-state index in [2.05, 4.69) is 22.3 Å². The van der Waals surface area contributed by atoms with Gasteiger partial charge in [-0.25, -0.2) is 0 Å². The number of amides is 1. The Labute approximate surface area is 119 Å². The van der Waals surface area contributed by atoms with Gasteiger partial charge in [0.05, 0.1) is 6.04 Å². The van der Waals surface area contributed by atoms with E-state index in [0.29, 0.717) is 24.1 Å². The molecule has 1 fully saturated rings. The standard InChI is InChI=1S/C15H21N3O2/c1-2-13-16-15(17-20-13)12-8-5-9-18(12)14(19)10-11-6-3-4-7-11/h3,6,11-12H,2,4-5,7-10H2,1H3/t11-,12-/m1/s1. The summed E-state index contributed by atoms with van der Waals surface area (Å²) in [5.74, 6) is 1.97. The van der Waals surface area contributed by atoms with Crippen LogP contribution in [0.2, 0.25) is 0 Å². The molecule has 0 unspecified atom stereocenters. The number of allylic oxidation sites excluding steroid dienone is 2. The maximum atomic E-state index is 12.5. The van der Waals surface area contributed by atoms with Crippen molar-refractivity contribution in [2.45, 2.75) is 51.5 Å². The molecule has 1 saturated heterocycles. The summed E-state index contributed by atoms with van der Waals surface area (Å²) in [7, 11) is 0. The maximum Gasteiger partial charge on any atom is 0.226 e. The van der Waals surface area contributed by atoms with Crippen molar-refractivity contribution >= 4 is 5.91 Å². The second-order valence-corrected chi connectivity index (χ2v) is 5.61. The first-order chi connectivity index (χ1) is 9.78. The molecule has 20 heavy (non-hydrogen) atoms. The van der Waals surface area contributed by atoms with Gasteiger partial charge in [0.25, 0.3) is 0 Å². The number of aryl methyl sites for hydroxylation is 1. The van der Waals surface area contributed by atoms with Gasteiger partial charge < -0.3 is 9.42 Å². The summed E-state index contributed by atoms with van der Waals surface area (Å²) in [5.41, 5.74) is 0. The maximum absolute atomic E-state index is 12.5. The summed E-state index contributed by atoms with van der Waals surface area (Å²) in [4.78, 5) is 18.8. The Morgan fingerprint density at radius 2 is 2.40 bits per heavy atom. The van der Waals surface area contributed by atoms with Gasteiger partial charge >= 0.3 is 0 Å². The van der Waals surface area contributed by atoms with Crippen LogP contribution in [0.1, 0.15) is 56.8 Å². The number of aromatic nitrogens is 2. The van der Waals surface area contributed by atoms with Gasteiger partial charge in [-0.2, -0.15) is 4.98 Å². The van der Waals surface area contributed by atoms with Crippen LogP contribution in [-0.2, 0) is 11.2 Å². The number of hydrogen-bond donors (Lipinski definition) is 0. The second-order valence-electron chi connectivity index (χ2n) is 5.61. The SMILES string of the molecule is CCc1nc([C@H]2CCCN2C(=O)C[C@@H]2C=CCC2)no1. The molecule has 5 heteroatoms. The van der Waals surface area contributed by atoms with Gasteiger partial charge in [0, 0.05) is 19.4 Å². The molecule has 108 valence electrons. The third-order valence-corrected chi connectivity index (χ3v) is 4.21. The van der Waals surface area contributed by atoms with Crippen LogP contribution in [0.5, 0.6) is 0 Å². The molecule has 2 heterocycles. The van der Waals surface area contributed by atoms with Crippen LogP contribution in [0.4, 0.5) is 0 Å². The summed E-state index contributed by atoms with van der Waals surface area (Å²) >= 11 is 0. The summed E-state index contributed by atoms with van der Waals surface area (Å²) in [6.07, 6.45) is 9.87. The van der Waals surface area contributed by atoms with E-state index in [-0.39, 0.29) is 11.9 Å². The third-order valence-electron chi connectivity index (χ3n) is 4.21. The number of rotatable bonds is 4. The Hall–Kier alpha value is -1.65. The molecule has 2 atom stereocenters. The summed E-state index contributed by atoms with van der Waals surface area (Å²) in [6, 6.07) is 0.0110. The zero-order chi connectivity index (χ0) is 13.9. The fourth-order valence-electron chi connectivity index (χ4n) is 3.09. The fraction of sp³-hybridized carbons (Fsp3) is 0.667. The average Bonchev–Trinajstić information content (AvgIpc) is 3.19. The van der Waals surface area contributed by atoms with Gasteiger partial charge in [-0.1, -0.05) is 24.2 Å². The molecule has 1 amide bonds. The molecule has 2 aliphatic rings. The highest BCUT2D eigenvalue weighted by atomic mass is 16.5. The highest BCUT2D eigenvalue weighted by Crippen LogP contribution is 2.32. The van der Waals surface area contributed by atoms with E-state index >= 15 is 0 Å². The van der Waals surface area contributed by atoms with Gasteiger partial charge in [-0.05, 0) is 31.6 Å². The van der Waals surface area contributed by atoms with Crippen LogP contribution in [0.25, 0.3) is 0 Å². The first kappa shape index (κ1) is 13.3. The molecule has 1 aromatic heterocycles. The predicted molar refractivity (Wildman–Crippen MR) is 73.8 cm³/mol. The smallest absolute Gasteiger partial charge is 0.226 e. The molecule has 0 saturated carbocycles. The van der Waals surface area contributed by atoms with E-state index in [1.807, 2.05) is 11.8 Å². The molecular weight excluding hydrogens is 254 g/mol. The van der Waals surface area contributed by atoms with E-state index in [4.69, 9.17) is 4.52 Å². The van der Waals surface area contributed by atoms with Crippen LogP contribution in [0.15, 0.2) is 16.7 Å². The van der Waals surface area contributed by atoms with Gasteiger partial charge in [0.2, 0.25) is 11.8 Å². The number of hydrogen-bond acceptors (Lipinski definition) is 4. The van der Waals surface area contributed by atoms with Gasteiger partial charge in [0.1, 0.15) is 0 Å². The lowest BCUT2D eigenvalue weighted by atomic mass is 10.0. The van der Waals surface area contributed by atoms with Crippen molar-refractivity contribution in [1.82, 2.24) is 15.0 Å². The number of carbonyl (C=O) groups excluding carboxylic acids is 1. The van der Waals surface area contributed by atoms with E-state index in [9.17, 15) is 4.79 Å². The van der Waals surface area contributed by atoms with Crippen molar-refractivity contribution in [1.29, 1.82) is 0 Å². The summed E-state index contributed by atoms with van der Waals surface area (Å²) < 4.78 is 5.18. The molecule has 0 bridgehead atoms. The lowest BCUT2D eigenvalue weighted by Gasteiger charge is -2.23. The van der Waals surface area contributed by atoms with Crippen molar-refractivity contribution in [3.63, 3.8) is 0 Å². The highest BCUT2D eigenvalue weighted by Gasteiger charge is 2.33. The molecule has 0 spiro atoms. The summed E-state index contributed by atoms with van der Waals surface area (Å²) in [6.45, 7) is 2.80. The molecule has 1 aliphatic carbocycles. The monoisotopic (exact) mass is 275 g/mol. The van der Waals surface area contributed by atoms with Crippen molar-refractivity contribution in [3.05, 3.63) is 23.9 Å². The Kier molecular flexibility index (Phi) is 3.85. The van der Waals surface area contributed by atoms with Crippen LogP contribution in [0.3, 0.4) is 0 Å². The molecule has 0 aromatic carbocycles. The molecule has 1 aliphatic heterocycles. The number of likely N-dealkylation sites (tertiary alicyclic amines) is 1. The van der Waals surface area contributed by atoms with Gasteiger partial charge in [-0.15, -0.1) is 0 Å². The van der Waals surface area contributed by atoms with Crippen molar-refractivity contribution < 1.29 is 9.32 Å². The Morgan fingerprint density at radius 1 is 1.50 bits per heavy atom. The Morgan fingerprint density at radius 3 is 3.10 bits per heavy atom. The van der Waals surface area contributed by atoms with Crippen LogP contribution < -0.4 is 0 Å². The molecule has 0 radical (unpaired) electrons. The lowest BCUT2D eigenvalue weighted by molar-refractivity contribution is -0.133. The largest absolute Gasteiger partial charge is 0.339 e. The highest BCUT2D eigenvalue weighted by molar-refractivity contribution is 5.77. The average molecular weight is 275 g/mol. The fourth-order valence-corrected chi connectivity index (χ4v) is 3.09. The first-order valence-electron chi connectivity index (χ1n) is 7.56. The number of nitrogens with zero attached hydrogens (tertiary/aromatic N) is 3. The van der Waals surface area contributed by atoms with Gasteiger partial charge in [0.15, 0.2) is 5.82 Å². The topological polar surface area (TPSA) is 59.2 Å². The van der Waals surface area contributed by atoms with E-state index in [0.717, 1.165) is 38.6 Å².